The van der Waals surface area contributed by atoms with Crippen LogP contribution in [-0.4, -0.2) is 31.0 Å². The van der Waals surface area contributed by atoms with E-state index in [1.54, 1.807) is 7.11 Å². The summed E-state index contributed by atoms with van der Waals surface area (Å²) in [6, 6.07) is 10.1. The summed E-state index contributed by atoms with van der Waals surface area (Å²) in [5, 5.41) is 20.9. The number of fused-ring (bicyclic) bond motifs is 1. The van der Waals surface area contributed by atoms with Crippen LogP contribution in [0.2, 0.25) is 0 Å². The van der Waals surface area contributed by atoms with E-state index >= 15 is 0 Å². The standard InChI is InChI=1S/C16H19NO3/c1-19-11-16(18,13-6-7-13)15(9-17)8-12-4-2-3-5-14(12)20-10-15/h2-5,13,18H,6-8,10-11H2,1H3. The van der Waals surface area contributed by atoms with Gasteiger partial charge in [0.25, 0.3) is 0 Å². The van der Waals surface area contributed by atoms with Crippen LogP contribution in [0.4, 0.5) is 0 Å². The van der Waals surface area contributed by atoms with Gasteiger partial charge >= 0.3 is 0 Å². The number of methoxy groups -OCH3 is 1. The van der Waals surface area contributed by atoms with Crippen LogP contribution in [0.3, 0.4) is 0 Å². The summed E-state index contributed by atoms with van der Waals surface area (Å²) >= 11 is 0. The molecule has 2 aliphatic rings. The fourth-order valence-electron chi connectivity index (χ4n) is 3.24. The lowest BCUT2D eigenvalue weighted by atomic mass is 9.66. The summed E-state index contributed by atoms with van der Waals surface area (Å²) in [7, 11) is 1.57. The van der Waals surface area contributed by atoms with Crippen molar-refractivity contribution in [3.8, 4) is 11.8 Å². The molecular formula is C16H19NO3. The summed E-state index contributed by atoms with van der Waals surface area (Å²) in [6.07, 6.45) is 2.41. The van der Waals surface area contributed by atoms with Crippen molar-refractivity contribution in [3.63, 3.8) is 0 Å². The Balaban J connectivity index is 1.99. The van der Waals surface area contributed by atoms with Gasteiger partial charge in [-0.2, -0.15) is 5.26 Å². The Labute approximate surface area is 118 Å². The van der Waals surface area contributed by atoms with Crippen LogP contribution in [0.25, 0.3) is 0 Å². The molecular weight excluding hydrogens is 254 g/mol. The number of nitrogens with zero attached hydrogens (tertiary/aromatic N) is 1. The Hall–Kier alpha value is -1.57. The molecule has 4 nitrogen and oxygen atoms in total. The molecule has 106 valence electrons. The van der Waals surface area contributed by atoms with E-state index in [0.717, 1.165) is 24.2 Å². The van der Waals surface area contributed by atoms with Crippen LogP contribution in [0.5, 0.6) is 5.75 Å². The number of hydrogen-bond acceptors (Lipinski definition) is 4. The van der Waals surface area contributed by atoms with Crippen LogP contribution < -0.4 is 4.74 Å². The second-order valence-electron chi connectivity index (χ2n) is 5.90. The fourth-order valence-corrected chi connectivity index (χ4v) is 3.24. The minimum atomic E-state index is -1.13. The van der Waals surface area contributed by atoms with Crippen LogP contribution in [0.15, 0.2) is 24.3 Å². The highest BCUT2D eigenvalue weighted by atomic mass is 16.5. The molecule has 2 unspecified atom stereocenters. The Morgan fingerprint density at radius 3 is 2.90 bits per heavy atom. The van der Waals surface area contributed by atoms with Crippen LogP contribution in [-0.2, 0) is 11.2 Å². The largest absolute Gasteiger partial charge is 0.492 e. The first-order valence-corrected chi connectivity index (χ1v) is 6.98. The van der Waals surface area contributed by atoms with Gasteiger partial charge in [0.15, 0.2) is 0 Å². The maximum atomic E-state index is 11.1. The normalized spacial score (nSPS) is 27.9. The lowest BCUT2D eigenvalue weighted by molar-refractivity contribution is -0.134. The fraction of sp³-hybridized carbons (Fsp3) is 0.562. The third-order valence-electron chi connectivity index (χ3n) is 4.60. The minimum Gasteiger partial charge on any atom is -0.492 e. The van der Waals surface area contributed by atoms with Crippen LogP contribution in [0.1, 0.15) is 18.4 Å². The molecule has 0 bridgehead atoms. The molecule has 0 spiro atoms. The van der Waals surface area contributed by atoms with Gasteiger partial charge in [-0.25, -0.2) is 0 Å². The monoisotopic (exact) mass is 273 g/mol. The molecule has 1 aromatic carbocycles. The van der Waals surface area contributed by atoms with Crippen molar-refractivity contribution in [1.82, 2.24) is 0 Å². The average Bonchev–Trinajstić information content (AvgIpc) is 3.31. The van der Waals surface area contributed by atoms with Crippen molar-refractivity contribution >= 4 is 0 Å². The molecule has 1 aliphatic carbocycles. The van der Waals surface area contributed by atoms with Gasteiger partial charge in [0.1, 0.15) is 23.4 Å². The summed E-state index contributed by atoms with van der Waals surface area (Å²) in [6.45, 7) is 0.396. The number of rotatable bonds is 4. The number of nitriles is 1. The zero-order valence-electron chi connectivity index (χ0n) is 11.6. The van der Waals surface area contributed by atoms with Crippen molar-refractivity contribution in [2.75, 3.05) is 20.3 Å². The zero-order chi connectivity index (χ0) is 14.2. The van der Waals surface area contributed by atoms with Crippen molar-refractivity contribution in [2.45, 2.75) is 24.9 Å². The molecule has 1 fully saturated rings. The second kappa shape index (κ2) is 4.76. The third kappa shape index (κ3) is 1.90. The highest BCUT2D eigenvalue weighted by Gasteiger charge is 2.60. The summed E-state index contributed by atoms with van der Waals surface area (Å²) in [4.78, 5) is 0. The van der Waals surface area contributed by atoms with E-state index in [0.29, 0.717) is 6.42 Å². The Morgan fingerprint density at radius 2 is 2.25 bits per heavy atom. The first-order chi connectivity index (χ1) is 9.65. The summed E-state index contributed by atoms with van der Waals surface area (Å²) in [5.74, 6) is 0.949. The summed E-state index contributed by atoms with van der Waals surface area (Å²) < 4.78 is 11.0. The Morgan fingerprint density at radius 1 is 1.50 bits per heavy atom. The van der Waals surface area contributed by atoms with E-state index in [9.17, 15) is 10.4 Å². The number of ether oxygens (including phenoxy) is 2. The molecule has 20 heavy (non-hydrogen) atoms. The SMILES string of the molecule is COCC(O)(C1CC1)C1(C#N)COc2ccccc2C1. The lowest BCUT2D eigenvalue weighted by Gasteiger charge is -2.44. The number of benzene rings is 1. The highest BCUT2D eigenvalue weighted by molar-refractivity contribution is 5.39. The molecule has 0 saturated heterocycles. The van der Waals surface area contributed by atoms with Gasteiger partial charge in [0, 0.05) is 13.5 Å². The van der Waals surface area contributed by atoms with E-state index in [-0.39, 0.29) is 19.1 Å². The molecule has 1 N–H and O–H groups in total. The third-order valence-corrected chi connectivity index (χ3v) is 4.60. The molecule has 1 heterocycles. The lowest BCUT2D eigenvalue weighted by Crippen LogP contribution is -2.58. The predicted molar refractivity (Wildman–Crippen MR) is 73.2 cm³/mol. The van der Waals surface area contributed by atoms with Crippen molar-refractivity contribution < 1.29 is 14.6 Å². The maximum absolute atomic E-state index is 11.1. The number of para-hydroxylation sites is 1. The molecule has 0 aromatic heterocycles. The molecule has 0 amide bonds. The van der Waals surface area contributed by atoms with Gasteiger partial charge in [-0.1, -0.05) is 18.2 Å². The topological polar surface area (TPSA) is 62.5 Å². The van der Waals surface area contributed by atoms with Gasteiger partial charge in [-0.3, -0.25) is 0 Å². The van der Waals surface area contributed by atoms with Gasteiger partial charge < -0.3 is 14.6 Å². The molecule has 1 saturated carbocycles. The van der Waals surface area contributed by atoms with Crippen LogP contribution >= 0.6 is 0 Å². The van der Waals surface area contributed by atoms with E-state index in [4.69, 9.17) is 9.47 Å². The van der Waals surface area contributed by atoms with Gasteiger partial charge in [-0.15, -0.1) is 0 Å². The average molecular weight is 273 g/mol. The summed E-state index contributed by atoms with van der Waals surface area (Å²) in [5.41, 5.74) is -1.08. The van der Waals surface area contributed by atoms with Crippen molar-refractivity contribution in [2.24, 2.45) is 11.3 Å². The Kier molecular flexibility index (Phi) is 3.19. The molecule has 1 aromatic rings. The maximum Gasteiger partial charge on any atom is 0.126 e. The van der Waals surface area contributed by atoms with Gasteiger partial charge in [0.2, 0.25) is 0 Å². The second-order valence-corrected chi connectivity index (χ2v) is 5.90. The first-order valence-electron chi connectivity index (χ1n) is 6.98. The smallest absolute Gasteiger partial charge is 0.126 e. The molecule has 2 atom stereocenters. The van der Waals surface area contributed by atoms with Crippen LogP contribution in [0, 0.1) is 22.7 Å². The van der Waals surface area contributed by atoms with E-state index in [1.807, 2.05) is 24.3 Å². The number of hydrogen-bond donors (Lipinski definition) is 1. The molecule has 0 radical (unpaired) electrons. The highest BCUT2D eigenvalue weighted by Crippen LogP contribution is 2.52. The molecule has 1 aliphatic heterocycles. The minimum absolute atomic E-state index is 0.135. The molecule has 3 rings (SSSR count). The number of aliphatic hydroxyl groups is 1. The van der Waals surface area contributed by atoms with Gasteiger partial charge in [-0.05, 0) is 30.4 Å². The van der Waals surface area contributed by atoms with Crippen molar-refractivity contribution in [3.05, 3.63) is 29.8 Å². The van der Waals surface area contributed by atoms with E-state index in [1.165, 1.54) is 0 Å². The van der Waals surface area contributed by atoms with E-state index in [2.05, 4.69) is 6.07 Å². The quantitative estimate of drug-likeness (QED) is 0.910. The molecule has 4 heteroatoms. The van der Waals surface area contributed by atoms with Crippen molar-refractivity contribution in [1.29, 1.82) is 5.26 Å². The van der Waals surface area contributed by atoms with Gasteiger partial charge in [0.05, 0.1) is 12.7 Å². The van der Waals surface area contributed by atoms with E-state index < -0.39 is 11.0 Å². The first kappa shape index (κ1) is 13.4. The predicted octanol–water partition coefficient (Wildman–Crippen LogP) is 1.92. The Bertz CT molecular complexity index is 549. The zero-order valence-corrected chi connectivity index (χ0v) is 11.6.